The van der Waals surface area contributed by atoms with Crippen LogP contribution in [0.4, 0.5) is 0 Å². The first-order chi connectivity index (χ1) is 9.35. The number of benzene rings is 1. The van der Waals surface area contributed by atoms with E-state index in [1.54, 1.807) is 21.2 Å². The Labute approximate surface area is 121 Å². The molecule has 2 atom stereocenters. The first-order valence-corrected chi connectivity index (χ1v) is 7.28. The molecule has 4 heteroatoms. The van der Waals surface area contributed by atoms with E-state index < -0.39 is 5.60 Å². The monoisotopic (exact) mass is 280 g/mol. The number of rotatable bonds is 4. The molecule has 0 amide bonds. The van der Waals surface area contributed by atoms with E-state index in [4.69, 9.17) is 4.74 Å². The normalized spacial score (nSPS) is 27.4. The Hall–Kier alpha value is -1.10. The minimum Gasteiger partial charge on any atom is -0.497 e. The van der Waals surface area contributed by atoms with Gasteiger partial charge in [-0.15, -0.1) is 0 Å². The van der Waals surface area contributed by atoms with Crippen molar-refractivity contribution >= 4 is 0 Å². The molecule has 2 unspecified atom stereocenters. The van der Waals surface area contributed by atoms with Crippen molar-refractivity contribution in [1.29, 1.82) is 0 Å². The molecule has 1 aromatic rings. The second-order valence-corrected chi connectivity index (χ2v) is 6.40. The maximum absolute atomic E-state index is 11.2. The van der Waals surface area contributed by atoms with Crippen molar-refractivity contribution in [3.63, 3.8) is 0 Å². The predicted octanol–water partition coefficient (Wildman–Crippen LogP) is 2.54. The SMILES string of the molecule is COc1cccc(C2(O)CCCCC2C[N+](C)(C)O)c1. The molecular formula is C16H26NO3+. The molecule has 1 aliphatic carbocycles. The van der Waals surface area contributed by atoms with Gasteiger partial charge in [0.05, 0.1) is 26.8 Å². The fourth-order valence-electron chi connectivity index (χ4n) is 3.28. The van der Waals surface area contributed by atoms with Gasteiger partial charge in [0.25, 0.3) is 0 Å². The van der Waals surface area contributed by atoms with Gasteiger partial charge in [0, 0.05) is 5.92 Å². The van der Waals surface area contributed by atoms with Gasteiger partial charge in [0.2, 0.25) is 0 Å². The summed E-state index contributed by atoms with van der Waals surface area (Å²) in [6.07, 6.45) is 3.81. The van der Waals surface area contributed by atoms with Crippen molar-refractivity contribution in [2.75, 3.05) is 27.7 Å². The Kier molecular flexibility index (Phi) is 4.37. The Morgan fingerprint density at radius 3 is 2.75 bits per heavy atom. The van der Waals surface area contributed by atoms with Crippen LogP contribution in [-0.2, 0) is 5.60 Å². The first kappa shape index (κ1) is 15.3. The van der Waals surface area contributed by atoms with Gasteiger partial charge in [-0.25, -0.2) is 5.21 Å². The van der Waals surface area contributed by atoms with Crippen LogP contribution in [0.25, 0.3) is 0 Å². The minimum absolute atomic E-state index is 0.0587. The Morgan fingerprint density at radius 1 is 1.35 bits per heavy atom. The lowest BCUT2D eigenvalue weighted by Crippen LogP contribution is -2.49. The van der Waals surface area contributed by atoms with Crippen LogP contribution in [0.1, 0.15) is 31.2 Å². The topological polar surface area (TPSA) is 49.7 Å². The smallest absolute Gasteiger partial charge is 0.119 e. The van der Waals surface area contributed by atoms with Crippen LogP contribution in [0.15, 0.2) is 24.3 Å². The Bertz CT molecular complexity index is 455. The van der Waals surface area contributed by atoms with Crippen LogP contribution in [0, 0.1) is 5.92 Å². The van der Waals surface area contributed by atoms with Crippen molar-refractivity contribution in [3.05, 3.63) is 29.8 Å². The van der Waals surface area contributed by atoms with E-state index in [9.17, 15) is 10.3 Å². The van der Waals surface area contributed by atoms with Crippen LogP contribution >= 0.6 is 0 Å². The molecule has 4 nitrogen and oxygen atoms in total. The highest BCUT2D eigenvalue weighted by Gasteiger charge is 2.43. The maximum atomic E-state index is 11.2. The molecule has 1 fully saturated rings. The summed E-state index contributed by atoms with van der Waals surface area (Å²) < 4.78 is 5.15. The van der Waals surface area contributed by atoms with Gasteiger partial charge >= 0.3 is 0 Å². The van der Waals surface area contributed by atoms with Crippen molar-refractivity contribution < 1.29 is 19.7 Å². The second kappa shape index (κ2) is 5.72. The quantitative estimate of drug-likeness (QED) is 0.658. The van der Waals surface area contributed by atoms with E-state index in [0.717, 1.165) is 37.0 Å². The zero-order chi connectivity index (χ0) is 14.8. The number of hydrogen-bond acceptors (Lipinski definition) is 3. The second-order valence-electron chi connectivity index (χ2n) is 6.40. The molecule has 2 N–H and O–H groups in total. The summed E-state index contributed by atoms with van der Waals surface area (Å²) in [5.74, 6) is 0.821. The van der Waals surface area contributed by atoms with Gasteiger partial charge in [-0.3, -0.25) is 0 Å². The lowest BCUT2D eigenvalue weighted by molar-refractivity contribution is -1.08. The minimum atomic E-state index is -0.870. The molecule has 2 rings (SSSR count). The van der Waals surface area contributed by atoms with E-state index in [1.165, 1.54) is 0 Å². The Morgan fingerprint density at radius 2 is 2.10 bits per heavy atom. The molecule has 112 valence electrons. The summed E-state index contributed by atoms with van der Waals surface area (Å²) in [6, 6.07) is 7.67. The molecule has 0 spiro atoms. The summed E-state index contributed by atoms with van der Waals surface area (Å²) in [7, 11) is 5.14. The summed E-state index contributed by atoms with van der Waals surface area (Å²) >= 11 is 0. The third-order valence-electron chi connectivity index (χ3n) is 4.27. The number of quaternary nitrogens is 1. The van der Waals surface area contributed by atoms with E-state index in [2.05, 4.69) is 0 Å². The average Bonchev–Trinajstić information content (AvgIpc) is 2.40. The third-order valence-corrected chi connectivity index (χ3v) is 4.27. The fraction of sp³-hybridized carbons (Fsp3) is 0.625. The van der Waals surface area contributed by atoms with Crippen LogP contribution in [0.3, 0.4) is 0 Å². The van der Waals surface area contributed by atoms with E-state index in [-0.39, 0.29) is 10.6 Å². The van der Waals surface area contributed by atoms with Crippen LogP contribution in [-0.4, -0.2) is 42.7 Å². The van der Waals surface area contributed by atoms with E-state index >= 15 is 0 Å². The molecule has 0 radical (unpaired) electrons. The molecule has 0 saturated heterocycles. The van der Waals surface area contributed by atoms with Gasteiger partial charge in [-0.2, -0.15) is 4.65 Å². The molecule has 0 aromatic heterocycles. The van der Waals surface area contributed by atoms with Gasteiger partial charge < -0.3 is 9.84 Å². The molecular weight excluding hydrogens is 254 g/mol. The zero-order valence-electron chi connectivity index (χ0n) is 12.7. The van der Waals surface area contributed by atoms with Crippen LogP contribution < -0.4 is 4.74 Å². The summed E-state index contributed by atoms with van der Waals surface area (Å²) in [6.45, 7) is 0.549. The summed E-state index contributed by atoms with van der Waals surface area (Å²) in [5, 5.41) is 21.3. The zero-order valence-corrected chi connectivity index (χ0v) is 12.7. The fourth-order valence-corrected chi connectivity index (χ4v) is 3.28. The van der Waals surface area contributed by atoms with Gasteiger partial charge in [0.15, 0.2) is 0 Å². The molecule has 1 saturated carbocycles. The average molecular weight is 280 g/mol. The number of ether oxygens (including phenoxy) is 1. The molecule has 0 aliphatic heterocycles. The Balaban J connectivity index is 2.32. The van der Waals surface area contributed by atoms with E-state index in [0.29, 0.717) is 6.54 Å². The number of nitrogens with zero attached hydrogens (tertiary/aromatic N) is 1. The molecule has 1 aliphatic rings. The van der Waals surface area contributed by atoms with Gasteiger partial charge in [0.1, 0.15) is 12.3 Å². The van der Waals surface area contributed by atoms with Gasteiger partial charge in [-0.05, 0) is 30.5 Å². The van der Waals surface area contributed by atoms with Crippen LogP contribution in [0.2, 0.25) is 0 Å². The molecule has 1 aromatic carbocycles. The molecule has 0 heterocycles. The molecule has 0 bridgehead atoms. The summed E-state index contributed by atoms with van der Waals surface area (Å²) in [4.78, 5) is 0. The van der Waals surface area contributed by atoms with Crippen LogP contribution in [0.5, 0.6) is 5.75 Å². The first-order valence-electron chi connectivity index (χ1n) is 7.28. The van der Waals surface area contributed by atoms with Crippen molar-refractivity contribution in [1.82, 2.24) is 0 Å². The lowest BCUT2D eigenvalue weighted by Gasteiger charge is -2.41. The maximum Gasteiger partial charge on any atom is 0.119 e. The lowest BCUT2D eigenvalue weighted by atomic mass is 9.71. The standard InChI is InChI=1S/C16H26NO3/c1-17(2,19)12-14-7-4-5-10-16(14,18)13-8-6-9-15(11-13)20-3/h6,8-9,11,14,18-19H,4-5,7,10,12H2,1-3H3/q+1. The third kappa shape index (κ3) is 3.32. The highest BCUT2D eigenvalue weighted by molar-refractivity contribution is 5.33. The number of hydrogen-bond donors (Lipinski definition) is 2. The highest BCUT2D eigenvalue weighted by atomic mass is 16.5. The van der Waals surface area contributed by atoms with E-state index in [1.807, 2.05) is 24.3 Å². The largest absolute Gasteiger partial charge is 0.497 e. The number of hydroxylamine groups is 3. The molecule has 20 heavy (non-hydrogen) atoms. The van der Waals surface area contributed by atoms with Crippen molar-refractivity contribution in [3.8, 4) is 5.75 Å². The number of aliphatic hydroxyl groups is 1. The van der Waals surface area contributed by atoms with Gasteiger partial charge in [-0.1, -0.05) is 25.0 Å². The number of methoxy groups -OCH3 is 1. The van der Waals surface area contributed by atoms with Crippen molar-refractivity contribution in [2.24, 2.45) is 5.92 Å². The highest BCUT2D eigenvalue weighted by Crippen LogP contribution is 2.43. The predicted molar refractivity (Wildman–Crippen MR) is 77.6 cm³/mol. The summed E-state index contributed by atoms with van der Waals surface area (Å²) in [5.41, 5.74) is 0.0281. The van der Waals surface area contributed by atoms with Crippen molar-refractivity contribution in [2.45, 2.75) is 31.3 Å².